The van der Waals surface area contributed by atoms with Crippen LogP contribution in [0.25, 0.3) is 0 Å². The molecule has 0 saturated heterocycles. The third-order valence-electron chi connectivity index (χ3n) is 1.58. The van der Waals surface area contributed by atoms with E-state index in [4.69, 9.17) is 0 Å². The van der Waals surface area contributed by atoms with Crippen molar-refractivity contribution < 1.29 is 22.5 Å². The topological polar surface area (TPSA) is 80.7 Å². The van der Waals surface area contributed by atoms with E-state index in [0.717, 1.165) is 0 Å². The minimum atomic E-state index is -3.63. The number of ketones is 1. The number of Topliss-reactive ketones (excluding diaryl/α,β-unsaturated/α-hetero) is 1. The predicted octanol–water partition coefficient (Wildman–Crippen LogP) is 0.249. The average Bonchev–Trinajstić information content (AvgIpc) is 2.13. The zero-order chi connectivity index (χ0) is 12.1. The number of carbonyl (C=O) groups is 1. The number of carbonyl (C=O) groups excluding carboxylic acids is 1. The van der Waals surface area contributed by atoms with E-state index in [1.165, 1.54) is 6.92 Å². The van der Waals surface area contributed by atoms with Crippen LogP contribution >= 0.6 is 0 Å². The average molecular weight is 236 g/mol. The summed E-state index contributed by atoms with van der Waals surface area (Å²) in [5.41, 5.74) is 0.166. The molecule has 0 aromatic heterocycles. The smallest absolute Gasteiger partial charge is 0.267 e. The van der Waals surface area contributed by atoms with E-state index in [9.17, 15) is 18.3 Å². The van der Waals surface area contributed by atoms with E-state index < -0.39 is 28.6 Å². The summed E-state index contributed by atoms with van der Waals surface area (Å²) in [6, 6.07) is 0. The molecule has 0 aliphatic rings. The lowest BCUT2D eigenvalue weighted by Crippen LogP contribution is -2.28. The van der Waals surface area contributed by atoms with Crippen molar-refractivity contribution in [2.45, 2.75) is 26.4 Å². The molecule has 0 fully saturated rings. The van der Waals surface area contributed by atoms with Crippen molar-refractivity contribution in [1.29, 1.82) is 0 Å². The summed E-state index contributed by atoms with van der Waals surface area (Å²) in [5, 5.41) is 9.22. The summed E-state index contributed by atoms with van der Waals surface area (Å²) >= 11 is 0. The standard InChI is InChI=1S/C9H16O5S/c1-4-5-15(12,13)14-6-8(10)9(11)7(2)3/h8,10H,2,4-6H2,1,3H3. The van der Waals surface area contributed by atoms with Crippen LogP contribution in [0.1, 0.15) is 20.3 Å². The maximum Gasteiger partial charge on any atom is 0.267 e. The van der Waals surface area contributed by atoms with Crippen molar-refractivity contribution in [1.82, 2.24) is 0 Å². The van der Waals surface area contributed by atoms with E-state index >= 15 is 0 Å². The lowest BCUT2D eigenvalue weighted by Gasteiger charge is -2.09. The lowest BCUT2D eigenvalue weighted by atomic mass is 10.1. The molecule has 0 radical (unpaired) electrons. The van der Waals surface area contributed by atoms with Crippen LogP contribution in [0.2, 0.25) is 0 Å². The molecule has 88 valence electrons. The highest BCUT2D eigenvalue weighted by atomic mass is 32.2. The maximum atomic E-state index is 11.1. The van der Waals surface area contributed by atoms with Gasteiger partial charge in [-0.2, -0.15) is 8.42 Å². The van der Waals surface area contributed by atoms with Crippen molar-refractivity contribution in [3.05, 3.63) is 12.2 Å². The molecule has 0 spiro atoms. The van der Waals surface area contributed by atoms with Gasteiger partial charge >= 0.3 is 0 Å². The molecule has 15 heavy (non-hydrogen) atoms. The Labute approximate surface area is 89.9 Å². The van der Waals surface area contributed by atoms with Crippen LogP contribution in [0.5, 0.6) is 0 Å². The predicted molar refractivity (Wildman–Crippen MR) is 55.9 cm³/mol. The largest absolute Gasteiger partial charge is 0.382 e. The van der Waals surface area contributed by atoms with Gasteiger partial charge in [0.05, 0.1) is 12.4 Å². The molecule has 0 saturated carbocycles. The van der Waals surface area contributed by atoms with Crippen LogP contribution in [-0.4, -0.2) is 37.8 Å². The van der Waals surface area contributed by atoms with Gasteiger partial charge < -0.3 is 5.11 Å². The van der Waals surface area contributed by atoms with Gasteiger partial charge in [0.2, 0.25) is 0 Å². The van der Waals surface area contributed by atoms with Crippen molar-refractivity contribution in [2.75, 3.05) is 12.4 Å². The summed E-state index contributed by atoms with van der Waals surface area (Å²) in [7, 11) is -3.63. The van der Waals surface area contributed by atoms with Gasteiger partial charge in [-0.25, -0.2) is 0 Å². The Kier molecular flexibility index (Phi) is 5.71. The quantitative estimate of drug-likeness (QED) is 0.506. The van der Waals surface area contributed by atoms with Crippen molar-refractivity contribution in [3.8, 4) is 0 Å². The molecule has 1 unspecified atom stereocenters. The second-order valence-corrected chi connectivity index (χ2v) is 4.97. The van der Waals surface area contributed by atoms with E-state index in [2.05, 4.69) is 10.8 Å². The van der Waals surface area contributed by atoms with Gasteiger partial charge in [0.25, 0.3) is 10.1 Å². The molecule has 5 nitrogen and oxygen atoms in total. The molecular weight excluding hydrogens is 220 g/mol. The molecule has 6 heteroatoms. The molecule has 0 heterocycles. The van der Waals surface area contributed by atoms with Crippen LogP contribution in [0, 0.1) is 0 Å². The molecule has 0 bridgehead atoms. The third kappa shape index (κ3) is 5.66. The number of aliphatic hydroxyl groups is 1. The number of hydrogen-bond acceptors (Lipinski definition) is 5. The van der Waals surface area contributed by atoms with Crippen molar-refractivity contribution in [3.63, 3.8) is 0 Å². The Morgan fingerprint density at radius 2 is 2.07 bits per heavy atom. The molecule has 0 aliphatic heterocycles. The third-order valence-corrected chi connectivity index (χ3v) is 2.99. The molecule has 0 amide bonds. The SMILES string of the molecule is C=C(C)C(=O)C(O)COS(=O)(=O)CCC. The van der Waals surface area contributed by atoms with Gasteiger partial charge in [0, 0.05) is 0 Å². The lowest BCUT2D eigenvalue weighted by molar-refractivity contribution is -0.124. The van der Waals surface area contributed by atoms with Crippen LogP contribution in [0.15, 0.2) is 12.2 Å². The Morgan fingerprint density at radius 3 is 2.47 bits per heavy atom. The number of aliphatic hydroxyl groups excluding tert-OH is 1. The highest BCUT2D eigenvalue weighted by Crippen LogP contribution is 2.02. The van der Waals surface area contributed by atoms with Crippen LogP contribution in [-0.2, 0) is 19.1 Å². The minimum absolute atomic E-state index is 0.124. The van der Waals surface area contributed by atoms with Crippen molar-refractivity contribution >= 4 is 15.9 Å². The minimum Gasteiger partial charge on any atom is -0.382 e. The first kappa shape index (κ1) is 14.3. The fourth-order valence-electron chi connectivity index (χ4n) is 0.837. The first-order valence-corrected chi connectivity index (χ1v) is 6.12. The Hall–Kier alpha value is -0.720. The Bertz CT molecular complexity index is 330. The molecule has 1 N–H and O–H groups in total. The first-order chi connectivity index (χ1) is 6.80. The van der Waals surface area contributed by atoms with Gasteiger partial charge in [-0.1, -0.05) is 13.5 Å². The Morgan fingerprint density at radius 1 is 1.53 bits per heavy atom. The highest BCUT2D eigenvalue weighted by molar-refractivity contribution is 7.86. The van der Waals surface area contributed by atoms with Crippen LogP contribution in [0.3, 0.4) is 0 Å². The second-order valence-electron chi connectivity index (χ2n) is 3.21. The molecule has 0 rings (SSSR count). The molecule has 1 atom stereocenters. The first-order valence-electron chi connectivity index (χ1n) is 4.55. The fourth-order valence-corrected chi connectivity index (χ4v) is 1.79. The highest BCUT2D eigenvalue weighted by Gasteiger charge is 2.19. The fraction of sp³-hybridized carbons (Fsp3) is 0.667. The summed E-state index contributed by atoms with van der Waals surface area (Å²) in [6.07, 6.45) is -1.04. The zero-order valence-electron chi connectivity index (χ0n) is 8.89. The van der Waals surface area contributed by atoms with E-state index in [1.807, 2.05) is 0 Å². The molecular formula is C9H16O5S. The van der Waals surface area contributed by atoms with Crippen LogP contribution in [0.4, 0.5) is 0 Å². The van der Waals surface area contributed by atoms with E-state index in [1.54, 1.807) is 6.92 Å². The summed E-state index contributed by atoms with van der Waals surface area (Å²) < 4.78 is 26.6. The zero-order valence-corrected chi connectivity index (χ0v) is 9.71. The normalized spacial score (nSPS) is 13.5. The summed E-state index contributed by atoms with van der Waals surface area (Å²) in [6.45, 7) is 5.92. The van der Waals surface area contributed by atoms with Gasteiger partial charge in [-0.05, 0) is 18.9 Å². The molecule has 0 aromatic rings. The van der Waals surface area contributed by atoms with E-state index in [0.29, 0.717) is 6.42 Å². The number of hydrogen-bond donors (Lipinski definition) is 1. The Balaban J connectivity index is 4.17. The summed E-state index contributed by atoms with van der Waals surface area (Å²) in [4.78, 5) is 11.1. The maximum absolute atomic E-state index is 11.1. The van der Waals surface area contributed by atoms with Gasteiger partial charge in [0.1, 0.15) is 6.10 Å². The van der Waals surface area contributed by atoms with E-state index in [-0.39, 0.29) is 11.3 Å². The van der Waals surface area contributed by atoms with Crippen molar-refractivity contribution in [2.24, 2.45) is 0 Å². The monoisotopic (exact) mass is 236 g/mol. The van der Waals surface area contributed by atoms with Gasteiger partial charge in [-0.3, -0.25) is 8.98 Å². The van der Waals surface area contributed by atoms with Gasteiger partial charge in [-0.15, -0.1) is 0 Å². The molecule has 0 aromatic carbocycles. The number of rotatable bonds is 7. The molecule has 0 aliphatic carbocycles. The second kappa shape index (κ2) is 5.99. The summed E-state index contributed by atoms with van der Waals surface area (Å²) in [5.74, 6) is -0.734. The van der Waals surface area contributed by atoms with Crippen LogP contribution < -0.4 is 0 Å². The van der Waals surface area contributed by atoms with Gasteiger partial charge in [0.15, 0.2) is 5.78 Å².